The zero-order chi connectivity index (χ0) is 11.1. The smallest absolute Gasteiger partial charge is 0.279 e. The normalized spacial score (nSPS) is 17.3. The minimum Gasteiger partial charge on any atom is -0.285 e. The van der Waals surface area contributed by atoms with Crippen LogP contribution in [-0.2, 0) is 10.0 Å². The van der Waals surface area contributed by atoms with Gasteiger partial charge in [-0.1, -0.05) is 13.8 Å². The second-order valence-electron chi connectivity index (χ2n) is 3.59. The summed E-state index contributed by atoms with van der Waals surface area (Å²) in [6.07, 6.45) is 4.37. The fraction of sp³-hybridized carbons (Fsp3) is 0.333. The molecule has 0 atom stereocenters. The molecule has 2 rings (SSSR count). The van der Waals surface area contributed by atoms with Gasteiger partial charge in [-0.3, -0.25) is 4.72 Å². The maximum Gasteiger partial charge on any atom is 0.279 e. The molecule has 0 bridgehead atoms. The molecule has 0 unspecified atom stereocenters. The van der Waals surface area contributed by atoms with Crippen molar-refractivity contribution in [1.82, 2.24) is 14.7 Å². The Morgan fingerprint density at radius 2 is 2.07 bits per heavy atom. The summed E-state index contributed by atoms with van der Waals surface area (Å²) in [6, 6.07) is 0. The van der Waals surface area contributed by atoms with Crippen LogP contribution in [-0.4, -0.2) is 18.4 Å². The lowest BCUT2D eigenvalue weighted by molar-refractivity contribution is 0.584. The second-order valence-corrected chi connectivity index (χ2v) is 5.22. The average Bonchev–Trinajstić information content (AvgIpc) is 2.16. The molecule has 2 heterocycles. The molecule has 0 saturated heterocycles. The summed E-state index contributed by atoms with van der Waals surface area (Å²) in [5.41, 5.74) is 1.34. The molecule has 0 saturated carbocycles. The van der Waals surface area contributed by atoms with E-state index in [1.807, 2.05) is 13.8 Å². The molecular formula is C9H11N3O2S. The van der Waals surface area contributed by atoms with Gasteiger partial charge in [0, 0.05) is 11.8 Å². The van der Waals surface area contributed by atoms with Crippen molar-refractivity contribution in [3.05, 3.63) is 23.8 Å². The van der Waals surface area contributed by atoms with E-state index < -0.39 is 10.0 Å². The monoisotopic (exact) mass is 225 g/mol. The summed E-state index contributed by atoms with van der Waals surface area (Å²) in [5, 5.41) is 0.0590. The molecular weight excluding hydrogens is 214 g/mol. The minimum atomic E-state index is -3.49. The van der Waals surface area contributed by atoms with E-state index in [2.05, 4.69) is 14.7 Å². The van der Waals surface area contributed by atoms with Gasteiger partial charge in [0.25, 0.3) is 10.0 Å². The van der Waals surface area contributed by atoms with E-state index >= 15 is 0 Å². The van der Waals surface area contributed by atoms with Gasteiger partial charge in [0.1, 0.15) is 6.33 Å². The van der Waals surface area contributed by atoms with Gasteiger partial charge in [0.15, 0.2) is 5.03 Å². The van der Waals surface area contributed by atoms with Gasteiger partial charge in [-0.15, -0.1) is 0 Å². The highest BCUT2D eigenvalue weighted by Crippen LogP contribution is 2.25. The van der Waals surface area contributed by atoms with Crippen LogP contribution in [0, 0.1) is 0 Å². The van der Waals surface area contributed by atoms with Crippen molar-refractivity contribution in [2.75, 3.05) is 0 Å². The van der Waals surface area contributed by atoms with Gasteiger partial charge in [0.2, 0.25) is 0 Å². The molecule has 1 aromatic rings. The molecule has 0 aliphatic carbocycles. The van der Waals surface area contributed by atoms with Gasteiger partial charge in [-0.05, 0) is 12.0 Å². The summed E-state index contributed by atoms with van der Waals surface area (Å²) in [7, 11) is -3.49. The minimum absolute atomic E-state index is 0.0590. The fourth-order valence-corrected chi connectivity index (χ4v) is 2.49. The van der Waals surface area contributed by atoms with Crippen molar-refractivity contribution in [3.8, 4) is 0 Å². The molecule has 1 aliphatic heterocycles. The standard InChI is InChI=1S/C9H11N3O2S/c1-6(2)8-7-3-4-12-15(13,14)9(7)11-5-10-8/h3-6,12H,1-2H3. The second kappa shape index (κ2) is 3.30. The Bertz CT molecular complexity index is 520. The number of hydrogen-bond acceptors (Lipinski definition) is 4. The summed E-state index contributed by atoms with van der Waals surface area (Å²) in [4.78, 5) is 7.90. The number of nitrogens with zero attached hydrogens (tertiary/aromatic N) is 2. The SMILES string of the molecule is CC(C)c1ncnc2c1C=CNS2(=O)=O. The first-order chi connectivity index (χ1) is 7.02. The Morgan fingerprint density at radius 1 is 1.33 bits per heavy atom. The number of sulfonamides is 1. The Kier molecular flexibility index (Phi) is 2.22. The molecule has 6 heteroatoms. The molecule has 0 amide bonds. The van der Waals surface area contributed by atoms with Crippen molar-refractivity contribution < 1.29 is 8.42 Å². The van der Waals surface area contributed by atoms with Crippen LogP contribution in [0.2, 0.25) is 0 Å². The summed E-state index contributed by atoms with van der Waals surface area (Å²) >= 11 is 0. The highest BCUT2D eigenvalue weighted by Gasteiger charge is 2.24. The van der Waals surface area contributed by atoms with Crippen LogP contribution in [0.4, 0.5) is 0 Å². The lowest BCUT2D eigenvalue weighted by Gasteiger charge is -2.15. The highest BCUT2D eigenvalue weighted by atomic mass is 32.2. The summed E-state index contributed by atoms with van der Waals surface area (Å²) in [6.45, 7) is 3.93. The maximum absolute atomic E-state index is 11.6. The van der Waals surface area contributed by atoms with Crippen LogP contribution in [0.25, 0.3) is 6.08 Å². The fourth-order valence-electron chi connectivity index (χ4n) is 1.49. The predicted octanol–water partition coefficient (Wildman–Crippen LogP) is 0.863. The van der Waals surface area contributed by atoms with Crippen molar-refractivity contribution in [3.63, 3.8) is 0 Å². The molecule has 0 spiro atoms. The molecule has 80 valence electrons. The molecule has 5 nitrogen and oxygen atoms in total. The first-order valence-electron chi connectivity index (χ1n) is 4.56. The van der Waals surface area contributed by atoms with Crippen molar-refractivity contribution >= 4 is 16.1 Å². The zero-order valence-corrected chi connectivity index (χ0v) is 9.25. The van der Waals surface area contributed by atoms with Crippen molar-refractivity contribution in [2.45, 2.75) is 24.8 Å². The lowest BCUT2D eigenvalue weighted by atomic mass is 10.1. The van der Waals surface area contributed by atoms with Gasteiger partial charge in [0.05, 0.1) is 5.69 Å². The van der Waals surface area contributed by atoms with Crippen LogP contribution in [0.5, 0.6) is 0 Å². The van der Waals surface area contributed by atoms with Crippen LogP contribution in [0.15, 0.2) is 17.6 Å². The predicted molar refractivity (Wildman–Crippen MR) is 55.5 cm³/mol. The molecule has 1 aliphatic rings. The number of aromatic nitrogens is 2. The van der Waals surface area contributed by atoms with E-state index in [0.29, 0.717) is 5.56 Å². The molecule has 0 aromatic carbocycles. The van der Waals surface area contributed by atoms with E-state index in [4.69, 9.17) is 0 Å². The third-order valence-corrected chi connectivity index (χ3v) is 3.43. The Morgan fingerprint density at radius 3 is 2.73 bits per heavy atom. The quantitative estimate of drug-likeness (QED) is 0.719. The first-order valence-corrected chi connectivity index (χ1v) is 6.04. The Labute approximate surface area is 88.3 Å². The third kappa shape index (κ3) is 1.61. The number of nitrogens with one attached hydrogen (secondary N) is 1. The van der Waals surface area contributed by atoms with E-state index in [1.54, 1.807) is 6.08 Å². The van der Waals surface area contributed by atoms with Gasteiger partial charge in [-0.2, -0.15) is 8.42 Å². The topological polar surface area (TPSA) is 72.0 Å². The Hall–Kier alpha value is -1.43. The van der Waals surface area contributed by atoms with E-state index in [0.717, 1.165) is 5.69 Å². The van der Waals surface area contributed by atoms with Gasteiger partial charge in [-0.25, -0.2) is 9.97 Å². The van der Waals surface area contributed by atoms with Gasteiger partial charge < -0.3 is 0 Å². The number of rotatable bonds is 1. The first kappa shape index (κ1) is 10.1. The van der Waals surface area contributed by atoms with Gasteiger partial charge >= 0.3 is 0 Å². The molecule has 15 heavy (non-hydrogen) atoms. The van der Waals surface area contributed by atoms with Crippen LogP contribution >= 0.6 is 0 Å². The maximum atomic E-state index is 11.6. The molecule has 0 fully saturated rings. The van der Waals surface area contributed by atoms with Crippen molar-refractivity contribution in [1.29, 1.82) is 0 Å². The van der Waals surface area contributed by atoms with E-state index in [-0.39, 0.29) is 10.9 Å². The number of fused-ring (bicyclic) bond motifs is 1. The van der Waals surface area contributed by atoms with Crippen LogP contribution < -0.4 is 4.72 Å². The van der Waals surface area contributed by atoms with E-state index in [9.17, 15) is 8.42 Å². The highest BCUT2D eigenvalue weighted by molar-refractivity contribution is 7.89. The largest absolute Gasteiger partial charge is 0.285 e. The molecule has 0 radical (unpaired) electrons. The van der Waals surface area contributed by atoms with E-state index in [1.165, 1.54) is 12.5 Å². The van der Waals surface area contributed by atoms with Crippen LogP contribution in [0.3, 0.4) is 0 Å². The molecule has 1 aromatic heterocycles. The average molecular weight is 225 g/mol. The summed E-state index contributed by atoms with van der Waals surface area (Å²) < 4.78 is 25.5. The van der Waals surface area contributed by atoms with Crippen LogP contribution in [0.1, 0.15) is 31.0 Å². The lowest BCUT2D eigenvalue weighted by Crippen LogP contribution is -2.24. The Balaban J connectivity index is 2.74. The summed E-state index contributed by atoms with van der Waals surface area (Å²) in [5.74, 6) is 0.166. The zero-order valence-electron chi connectivity index (χ0n) is 8.43. The van der Waals surface area contributed by atoms with Crippen molar-refractivity contribution in [2.24, 2.45) is 0 Å². The molecule has 1 N–H and O–H groups in total. The third-order valence-electron chi connectivity index (χ3n) is 2.15. The number of hydrogen-bond donors (Lipinski definition) is 1.